The summed E-state index contributed by atoms with van der Waals surface area (Å²) in [5.41, 5.74) is 22.7. The van der Waals surface area contributed by atoms with Crippen molar-refractivity contribution in [2.24, 2.45) is 51.7 Å². The average molecular weight is 1610 g/mol. The van der Waals surface area contributed by atoms with Crippen LogP contribution in [-0.4, -0.2) is 343 Å². The van der Waals surface area contributed by atoms with Gasteiger partial charge in [0.2, 0.25) is 5.91 Å². The van der Waals surface area contributed by atoms with Crippen LogP contribution in [0.15, 0.2) is 41.2 Å². The van der Waals surface area contributed by atoms with Crippen LogP contribution in [0.4, 0.5) is 5.69 Å². The molecule has 2 amide bonds. The van der Waals surface area contributed by atoms with Crippen molar-refractivity contribution < 1.29 is 134 Å². The number of nitrogens with two attached hydrogens (primary N) is 4. The zero-order chi connectivity index (χ0) is 84.4. The number of hydrogen-bond acceptors (Lipinski definition) is 36. The van der Waals surface area contributed by atoms with E-state index < -0.39 is 199 Å². The van der Waals surface area contributed by atoms with E-state index in [1.165, 1.54) is 59.4 Å². The monoisotopic (exact) mass is 1610 g/mol. The minimum Gasteiger partial charge on any atom is -0.507 e. The standard InChI is InChI=1S/C43H58N4O12.C22H43N5O13.C10H24N2O2/c1-21-12-11-13-22(2)42(55)45-33-28(20-44-47-17-15-46(9)16-18-47)37(52)30-31(38(33)53)36(51)26(6)40-32(30)41(54)43(8,59-40)57-19-14-29(56-10)23(3)39(58-27(7)48)25(5)35(50)24(4)34(21)49;23-2-1-8(29)20(36)27-7-3-6(25)18(39-22-16(34)15(33)13(31)9(4-24)37-22)17(35)19(7)40-21-14(32)11(26)12(30)10(5-28)38-21;1-3-9(7-13)11-5-6-12-10(4-2)8-14/h11-14,19-21,23-25,29,34-35,39,49-53H,15-18H2,1-10H3,(H,45,55);6-19,21-22,28-35H,1-5,23-26H2,(H,27,36);9-14H,3-8H2,1-2H3/b12-11+,19-14+,22-13-,44-20+;;/t21-,23+,24+,25+,29-,34-,35+,39+,43-;6-,7+,8-,9+,10+,11-,12+,13+,14+,15-,16+,17-,18+,19-,21+,22+;9-,10-/m000/s1. The Morgan fingerprint density at radius 2 is 1.35 bits per heavy atom. The molecule has 113 heavy (non-hydrogen) atoms. The molecule has 7 aliphatic rings. The van der Waals surface area contributed by atoms with Crippen LogP contribution in [0.3, 0.4) is 0 Å². The maximum absolute atomic E-state index is 14.4. The van der Waals surface area contributed by atoms with Gasteiger partial charge in [-0.3, -0.25) is 24.2 Å². The number of carbonyl (C=O) groups is 4. The van der Waals surface area contributed by atoms with Crippen molar-refractivity contribution in [2.45, 2.75) is 235 Å². The number of nitrogens with zero attached hydrogens (tertiary/aromatic N) is 3. The summed E-state index contributed by atoms with van der Waals surface area (Å²) in [5, 5.41) is 176. The number of esters is 1. The Labute approximate surface area is 657 Å². The highest BCUT2D eigenvalue weighted by atomic mass is 16.7. The van der Waals surface area contributed by atoms with Crippen LogP contribution in [-0.2, 0) is 47.5 Å². The number of nitrogens with one attached hydrogen (secondary N) is 4. The lowest BCUT2D eigenvalue weighted by Gasteiger charge is -2.49. The summed E-state index contributed by atoms with van der Waals surface area (Å²) in [4.78, 5) is 55.2. The lowest BCUT2D eigenvalue weighted by atomic mass is 9.78. The lowest BCUT2D eigenvalue weighted by Crippen LogP contribution is -2.69. The van der Waals surface area contributed by atoms with E-state index in [-0.39, 0.29) is 95.7 Å². The Balaban J connectivity index is 0.000000316. The van der Waals surface area contributed by atoms with Gasteiger partial charge < -0.3 is 164 Å². The van der Waals surface area contributed by atoms with Gasteiger partial charge in [0.25, 0.3) is 11.7 Å². The molecule has 0 aromatic heterocycles. The number of allylic oxidation sites excluding steroid dienone is 2. The number of ether oxygens (including phenoxy) is 8. The van der Waals surface area contributed by atoms with Crippen LogP contribution >= 0.6 is 0 Å². The molecule has 2 aromatic rings. The smallest absolute Gasteiger partial charge is 0.312 e. The van der Waals surface area contributed by atoms with Crippen LogP contribution in [0.5, 0.6) is 23.0 Å². The third-order valence-electron chi connectivity index (χ3n) is 21.8. The zero-order valence-corrected chi connectivity index (χ0v) is 66.3. The summed E-state index contributed by atoms with van der Waals surface area (Å²) in [6.07, 6.45) is -13.1. The van der Waals surface area contributed by atoms with Gasteiger partial charge >= 0.3 is 11.8 Å². The molecule has 3 saturated heterocycles. The Morgan fingerprint density at radius 3 is 1.92 bits per heavy atom. The van der Waals surface area contributed by atoms with Gasteiger partial charge in [-0.05, 0) is 59.2 Å². The fraction of sp³-hybridized carbons (Fsp3) is 0.720. The van der Waals surface area contributed by atoms with Gasteiger partial charge in [-0.25, -0.2) is 0 Å². The van der Waals surface area contributed by atoms with Crippen LogP contribution in [0.1, 0.15) is 109 Å². The molecule has 2 aromatic carbocycles. The fourth-order valence-corrected chi connectivity index (χ4v) is 14.2. The van der Waals surface area contributed by atoms with Crippen LogP contribution < -0.4 is 48.9 Å². The molecule has 6 aliphatic heterocycles. The zero-order valence-electron chi connectivity index (χ0n) is 66.3. The number of rotatable bonds is 23. The van der Waals surface area contributed by atoms with E-state index in [1.54, 1.807) is 44.9 Å². The number of hydrazone groups is 1. The molecule has 38 nitrogen and oxygen atoms in total. The summed E-state index contributed by atoms with van der Waals surface area (Å²) in [6.45, 7) is 20.3. The topological polar surface area (TPSA) is 617 Å². The van der Waals surface area contributed by atoms with E-state index in [0.29, 0.717) is 13.1 Å². The van der Waals surface area contributed by atoms with Crippen molar-refractivity contribution in [3.63, 3.8) is 0 Å². The lowest BCUT2D eigenvalue weighted by molar-refractivity contribution is -0.332. The number of fused-ring (bicyclic) bond motifs is 14. The summed E-state index contributed by atoms with van der Waals surface area (Å²) in [5.74, 6) is -9.19. The normalized spacial score (nSPS) is 35.3. The molecule has 0 radical (unpaired) electrons. The van der Waals surface area contributed by atoms with Crippen molar-refractivity contribution in [1.29, 1.82) is 0 Å². The van der Waals surface area contributed by atoms with E-state index >= 15 is 0 Å². The number of anilines is 1. The summed E-state index contributed by atoms with van der Waals surface area (Å²) in [7, 11) is 3.42. The van der Waals surface area contributed by atoms with E-state index in [0.717, 1.165) is 39.0 Å². The first kappa shape index (κ1) is 95.4. The number of phenolic OH excluding ortho intramolecular Hbond substituents is 3. The molecular formula is C75H125N11O27. The number of hydrogen-bond donors (Lipinski definition) is 23. The Morgan fingerprint density at radius 1 is 0.752 bits per heavy atom. The van der Waals surface area contributed by atoms with E-state index in [2.05, 4.69) is 31.3 Å². The Bertz CT molecular complexity index is 3510. The molecule has 27 atom stereocenters. The molecule has 0 unspecified atom stereocenters. The van der Waals surface area contributed by atoms with E-state index in [4.69, 9.17) is 71.0 Å². The van der Waals surface area contributed by atoms with E-state index in [1.807, 2.05) is 20.9 Å². The maximum Gasteiger partial charge on any atom is 0.312 e. The molecule has 27 N–H and O–H groups in total. The van der Waals surface area contributed by atoms with Gasteiger partial charge in [-0.15, -0.1) is 0 Å². The van der Waals surface area contributed by atoms with Gasteiger partial charge in [0, 0.05) is 125 Å². The third-order valence-corrected chi connectivity index (χ3v) is 21.8. The summed E-state index contributed by atoms with van der Waals surface area (Å²) >= 11 is 0. The van der Waals surface area contributed by atoms with Crippen LogP contribution in [0.25, 0.3) is 10.8 Å². The van der Waals surface area contributed by atoms with Gasteiger partial charge in [0.15, 0.2) is 18.3 Å². The quantitative estimate of drug-likeness (QED) is 0.0164. The highest BCUT2D eigenvalue weighted by Crippen LogP contribution is 2.55. The van der Waals surface area contributed by atoms with E-state index in [9.17, 15) is 85.6 Å². The van der Waals surface area contributed by atoms with Crippen LogP contribution in [0, 0.1) is 30.6 Å². The van der Waals surface area contributed by atoms with Crippen molar-refractivity contribution in [3.05, 3.63) is 52.8 Å². The summed E-state index contributed by atoms with van der Waals surface area (Å²) in [6, 6.07) is -3.05. The first-order valence-electron chi connectivity index (χ1n) is 38.3. The first-order chi connectivity index (χ1) is 53.4. The third kappa shape index (κ3) is 23.2. The number of ketones is 1. The predicted octanol–water partition coefficient (Wildman–Crippen LogP) is -4.38. The van der Waals surface area contributed by atoms with Crippen molar-refractivity contribution in [1.82, 2.24) is 25.9 Å². The number of methoxy groups -OCH3 is 1. The molecule has 1 aliphatic carbocycles. The molecule has 1 saturated carbocycles. The van der Waals surface area contributed by atoms with Crippen LogP contribution in [0.2, 0.25) is 0 Å². The van der Waals surface area contributed by atoms with Gasteiger partial charge in [-0.2, -0.15) is 5.10 Å². The second-order valence-corrected chi connectivity index (χ2v) is 29.9. The molecule has 642 valence electrons. The first-order valence-corrected chi connectivity index (χ1v) is 38.3. The largest absolute Gasteiger partial charge is 0.507 e. The van der Waals surface area contributed by atoms with Gasteiger partial charge in [0.05, 0.1) is 84.9 Å². The second-order valence-electron chi connectivity index (χ2n) is 29.9. The number of likely N-dealkylation sites (N-methyl/N-ethyl adjacent to an activating group) is 1. The molecule has 6 heterocycles. The maximum atomic E-state index is 14.4. The molecule has 5 bridgehead atoms. The Hall–Kier alpha value is -6.49. The van der Waals surface area contributed by atoms with Gasteiger partial charge in [0.1, 0.15) is 90.5 Å². The van der Waals surface area contributed by atoms with Gasteiger partial charge in [-0.1, -0.05) is 59.8 Å². The molecule has 9 rings (SSSR count). The number of Topliss-reactive ketones (excluding diaryl/α,β-unsaturated/α-hetero) is 1. The van der Waals surface area contributed by atoms with Crippen molar-refractivity contribution in [3.8, 4) is 23.0 Å². The SMILES string of the molecule is CC[C@@H](CO)NCCN[C@@H](CC)CO.CO[C@H]1/C=C/O[C@@]2(C)Oc3c(C)c(O)c4c(O)c(c(/C=N/N5CCN(C)CC5)c(O)c4c3C2=O)NC(=O)/C(C)=C\C=C\[C@H](C)[C@H](O)[C@@H](C)[C@@H](O)[C@@H](C)[C@H](OC(C)=O)[C@@H]1C.NCC[C@H](O)C(=O)N[C@@H]1C[C@H](N)[C@@H](O[C@H]2O[C@H](CN)[C@@H](O)[C@H](O)[C@H]2O)[C@H](O)[C@H]1O[C@H]1O[C@H](CO)[C@@H](O)[C@H](N)[C@H]1O. The average Bonchev–Trinajstić information content (AvgIpc) is 1.63. The highest BCUT2D eigenvalue weighted by Gasteiger charge is 2.54. The second kappa shape index (κ2) is 43.6. The number of benzene rings is 2. The molecule has 38 heteroatoms. The molecule has 0 spiro atoms. The summed E-state index contributed by atoms with van der Waals surface area (Å²) < 4.78 is 46.1. The molecular weight excluding hydrogens is 1490 g/mol. The fourth-order valence-electron chi connectivity index (χ4n) is 14.2. The molecule has 4 fully saturated rings. The number of amides is 2. The highest BCUT2D eigenvalue weighted by molar-refractivity contribution is 6.24. The Kier molecular flexibility index (Phi) is 36.8. The minimum absolute atomic E-state index is 0.0101. The number of aliphatic hydroxyl groups is 12. The number of aromatic hydroxyl groups is 3. The van der Waals surface area contributed by atoms with Crippen molar-refractivity contribution >= 4 is 46.2 Å². The number of carbonyl (C=O) groups excluding carboxylic acids is 4. The predicted molar refractivity (Wildman–Crippen MR) is 410 cm³/mol. The minimum atomic E-state index is -2.04. The van der Waals surface area contributed by atoms with Crippen molar-refractivity contribution in [2.75, 3.05) is 91.7 Å². The number of aliphatic hydroxyl groups excluding tert-OH is 12. The number of phenols is 3. The number of piperazine rings is 1.